The molecular weight excluding hydrogens is 510 g/mol. The second-order valence-corrected chi connectivity index (χ2v) is 13.0. The first-order chi connectivity index (χ1) is 17.1. The second kappa shape index (κ2) is 8.33. The number of halogens is 2. The van der Waals surface area contributed by atoms with Gasteiger partial charge in [0.25, 0.3) is 6.43 Å². The lowest BCUT2D eigenvalue weighted by molar-refractivity contribution is -0.124. The summed E-state index contributed by atoms with van der Waals surface area (Å²) in [5, 5.41) is 7.79. The molecule has 1 saturated carbocycles. The van der Waals surface area contributed by atoms with Crippen molar-refractivity contribution in [1.82, 2.24) is 24.9 Å². The molecule has 0 radical (unpaired) electrons. The van der Waals surface area contributed by atoms with Crippen molar-refractivity contribution < 1.29 is 21.9 Å². The summed E-state index contributed by atoms with van der Waals surface area (Å²) in [4.78, 5) is 11.4. The summed E-state index contributed by atoms with van der Waals surface area (Å²) < 4.78 is 61.6. The molecule has 3 fully saturated rings. The second-order valence-electron chi connectivity index (χ2n) is 10.4. The molecule has 1 N–H and O–H groups in total. The average Bonchev–Trinajstić information content (AvgIpc) is 3.31. The molecule has 2 aliphatic heterocycles. The minimum Gasteiger partial charge on any atom is -0.380 e. The fourth-order valence-corrected chi connectivity index (χ4v) is 7.07. The van der Waals surface area contributed by atoms with E-state index in [2.05, 4.69) is 29.8 Å². The normalized spacial score (nSPS) is 20.8. The monoisotopic (exact) mass is 536 g/mol. The molecule has 1 aromatic carbocycles. The molecule has 4 heterocycles. The summed E-state index contributed by atoms with van der Waals surface area (Å²) in [5.41, 5.74) is 1.32. The van der Waals surface area contributed by atoms with Gasteiger partial charge in [-0.2, -0.15) is 0 Å². The van der Waals surface area contributed by atoms with Gasteiger partial charge in [0.15, 0.2) is 10.0 Å². The van der Waals surface area contributed by atoms with Crippen molar-refractivity contribution in [2.45, 2.75) is 56.4 Å². The van der Waals surface area contributed by atoms with E-state index in [0.29, 0.717) is 28.1 Å². The van der Waals surface area contributed by atoms with Gasteiger partial charge in [-0.05, 0) is 51.7 Å². The Morgan fingerprint density at radius 2 is 1.83 bits per heavy atom. The standard InChI is InChI=1S/C23H26F2N6O3S2/c1-13-26-17-15(18(27-13)20-28-29-21(35-20)19(24)25)9-14(36(32,33)30-22(2)3-4-22)10-16(17)31-7-5-23(6-8-31)11-34-12-23/h9-10,19,30H,3-8,11-12H2,1-2H3. The number of piperidine rings is 1. The van der Waals surface area contributed by atoms with Crippen LogP contribution in [0.15, 0.2) is 17.0 Å². The third kappa shape index (κ3) is 4.25. The number of aryl methyl sites for hydroxylation is 1. The van der Waals surface area contributed by atoms with Gasteiger partial charge < -0.3 is 9.64 Å². The smallest absolute Gasteiger partial charge is 0.291 e. The van der Waals surface area contributed by atoms with Crippen LogP contribution in [0.2, 0.25) is 0 Å². The van der Waals surface area contributed by atoms with Crippen LogP contribution in [0.5, 0.6) is 0 Å². The van der Waals surface area contributed by atoms with Crippen LogP contribution in [0.25, 0.3) is 21.6 Å². The van der Waals surface area contributed by atoms with E-state index >= 15 is 0 Å². The largest absolute Gasteiger partial charge is 0.380 e. The number of rotatable bonds is 6. The molecule has 192 valence electrons. The molecule has 3 aromatic rings. The topological polar surface area (TPSA) is 110 Å². The zero-order valence-electron chi connectivity index (χ0n) is 19.9. The third-order valence-electron chi connectivity index (χ3n) is 7.37. The summed E-state index contributed by atoms with van der Waals surface area (Å²) in [7, 11) is -3.85. The summed E-state index contributed by atoms with van der Waals surface area (Å²) in [6.07, 6.45) is 0.673. The van der Waals surface area contributed by atoms with Crippen molar-refractivity contribution in [3.8, 4) is 10.7 Å². The Bertz CT molecular complexity index is 1440. The Hall–Kier alpha value is -2.35. The zero-order valence-corrected chi connectivity index (χ0v) is 21.6. The number of hydrogen-bond donors (Lipinski definition) is 1. The molecule has 6 rings (SSSR count). The number of fused-ring (bicyclic) bond motifs is 1. The van der Waals surface area contributed by atoms with Crippen molar-refractivity contribution in [2.75, 3.05) is 31.2 Å². The minimum atomic E-state index is -3.85. The van der Waals surface area contributed by atoms with Crippen LogP contribution in [0.4, 0.5) is 14.5 Å². The van der Waals surface area contributed by atoms with E-state index in [4.69, 9.17) is 4.74 Å². The predicted octanol–water partition coefficient (Wildman–Crippen LogP) is 3.84. The first-order valence-electron chi connectivity index (χ1n) is 11.9. The maximum atomic E-state index is 13.4. The van der Waals surface area contributed by atoms with E-state index in [1.54, 1.807) is 13.0 Å². The molecule has 1 spiro atoms. The number of nitrogens with zero attached hydrogens (tertiary/aromatic N) is 5. The van der Waals surface area contributed by atoms with Gasteiger partial charge in [0.1, 0.15) is 11.5 Å². The highest BCUT2D eigenvalue weighted by molar-refractivity contribution is 7.89. The Balaban J connectivity index is 1.51. The maximum absolute atomic E-state index is 13.4. The van der Waals surface area contributed by atoms with Gasteiger partial charge in [-0.3, -0.25) is 0 Å². The molecule has 36 heavy (non-hydrogen) atoms. The summed E-state index contributed by atoms with van der Waals surface area (Å²) in [6, 6.07) is 3.20. The van der Waals surface area contributed by atoms with E-state index in [-0.39, 0.29) is 15.3 Å². The van der Waals surface area contributed by atoms with Crippen LogP contribution in [-0.2, 0) is 14.8 Å². The van der Waals surface area contributed by atoms with Gasteiger partial charge in [0.05, 0.1) is 29.3 Å². The van der Waals surface area contributed by atoms with Crippen molar-refractivity contribution in [2.24, 2.45) is 5.41 Å². The minimum absolute atomic E-state index is 0.0951. The van der Waals surface area contributed by atoms with Gasteiger partial charge in [-0.25, -0.2) is 31.9 Å². The molecular formula is C23H26F2N6O3S2. The van der Waals surface area contributed by atoms with E-state index in [1.807, 2.05) is 6.92 Å². The van der Waals surface area contributed by atoms with Gasteiger partial charge in [0, 0.05) is 29.4 Å². The average molecular weight is 537 g/mol. The van der Waals surface area contributed by atoms with Crippen LogP contribution in [0, 0.1) is 12.3 Å². The van der Waals surface area contributed by atoms with Crippen molar-refractivity contribution >= 4 is 38.0 Å². The SMILES string of the molecule is Cc1nc(-c2nnc(C(F)F)s2)c2cc(S(=O)(=O)NC3(C)CC3)cc(N3CCC4(CC3)COC4)c2n1. The number of benzene rings is 1. The fourth-order valence-electron chi connectivity index (χ4n) is 4.85. The zero-order chi connectivity index (χ0) is 25.3. The predicted molar refractivity (Wildman–Crippen MR) is 131 cm³/mol. The highest BCUT2D eigenvalue weighted by Gasteiger charge is 2.43. The summed E-state index contributed by atoms with van der Waals surface area (Å²) in [6.45, 7) is 6.58. The number of alkyl halides is 2. The highest BCUT2D eigenvalue weighted by atomic mass is 32.2. The number of sulfonamides is 1. The lowest BCUT2D eigenvalue weighted by atomic mass is 9.77. The molecule has 1 aliphatic carbocycles. The number of ether oxygens (including phenoxy) is 1. The van der Waals surface area contributed by atoms with E-state index in [1.165, 1.54) is 6.07 Å². The van der Waals surface area contributed by atoms with E-state index in [9.17, 15) is 17.2 Å². The Morgan fingerprint density at radius 3 is 2.42 bits per heavy atom. The number of hydrogen-bond acceptors (Lipinski definition) is 9. The summed E-state index contributed by atoms with van der Waals surface area (Å²) in [5.74, 6) is 0.438. The van der Waals surface area contributed by atoms with E-state index < -0.39 is 27.0 Å². The Kier molecular flexibility index (Phi) is 5.56. The highest BCUT2D eigenvalue weighted by Crippen LogP contribution is 2.43. The molecule has 2 saturated heterocycles. The summed E-state index contributed by atoms with van der Waals surface area (Å²) >= 11 is 0.748. The van der Waals surface area contributed by atoms with Crippen LogP contribution in [0.1, 0.15) is 49.9 Å². The molecule has 0 unspecified atom stereocenters. The molecule has 2 aromatic heterocycles. The van der Waals surface area contributed by atoms with Gasteiger partial charge in [-0.1, -0.05) is 11.3 Å². The molecule has 0 amide bonds. The lowest BCUT2D eigenvalue weighted by Gasteiger charge is -2.48. The van der Waals surface area contributed by atoms with Crippen LogP contribution >= 0.6 is 11.3 Å². The molecule has 0 bridgehead atoms. The third-order valence-corrected chi connectivity index (χ3v) is 9.92. The number of nitrogens with one attached hydrogen (secondary N) is 1. The molecule has 9 nitrogen and oxygen atoms in total. The Morgan fingerprint density at radius 1 is 1.11 bits per heavy atom. The van der Waals surface area contributed by atoms with Crippen molar-refractivity contribution in [1.29, 1.82) is 0 Å². The number of anilines is 1. The fraction of sp³-hybridized carbons (Fsp3) is 0.565. The van der Waals surface area contributed by atoms with Crippen molar-refractivity contribution in [3.63, 3.8) is 0 Å². The van der Waals surface area contributed by atoms with Crippen LogP contribution in [0.3, 0.4) is 0 Å². The van der Waals surface area contributed by atoms with Crippen LogP contribution in [-0.4, -0.2) is 60.4 Å². The first kappa shape index (κ1) is 24.0. The number of aromatic nitrogens is 4. The first-order valence-corrected chi connectivity index (χ1v) is 14.2. The quantitative estimate of drug-likeness (QED) is 0.506. The van der Waals surface area contributed by atoms with Gasteiger partial charge in [0.2, 0.25) is 10.0 Å². The lowest BCUT2D eigenvalue weighted by Crippen LogP contribution is -2.51. The molecule has 13 heteroatoms. The molecule has 3 aliphatic rings. The van der Waals surface area contributed by atoms with Gasteiger partial charge in [-0.15, -0.1) is 10.2 Å². The van der Waals surface area contributed by atoms with Crippen LogP contribution < -0.4 is 9.62 Å². The Labute approximate surface area is 211 Å². The maximum Gasteiger partial charge on any atom is 0.291 e. The van der Waals surface area contributed by atoms with Crippen molar-refractivity contribution in [3.05, 3.63) is 23.0 Å². The van der Waals surface area contributed by atoms with Gasteiger partial charge >= 0.3 is 0 Å². The van der Waals surface area contributed by atoms with E-state index in [0.717, 1.165) is 63.3 Å². The molecule has 0 atom stereocenters.